The summed E-state index contributed by atoms with van der Waals surface area (Å²) in [5.41, 5.74) is 2.30. The molecule has 0 spiro atoms. The van der Waals surface area contributed by atoms with Crippen molar-refractivity contribution in [2.75, 3.05) is 39.3 Å². The molecule has 0 radical (unpaired) electrons. The summed E-state index contributed by atoms with van der Waals surface area (Å²) in [6.45, 7) is 7.69. The first-order valence-corrected chi connectivity index (χ1v) is 37.6. The number of aromatic nitrogens is 3. The molecule has 0 aliphatic carbocycles. The Bertz CT molecular complexity index is 4000. The number of carbonyl (C=O) groups is 12. The minimum absolute atomic E-state index is 0.0325. The molecule has 584 valence electrons. The molecular weight excluding hydrogens is 1420 g/mol. The van der Waals surface area contributed by atoms with Crippen molar-refractivity contribution in [3.63, 3.8) is 0 Å². The summed E-state index contributed by atoms with van der Waals surface area (Å²) in [5.74, 6) is -9.48. The maximum Gasteiger partial charge on any atom is 0.326 e. The van der Waals surface area contributed by atoms with E-state index in [4.69, 9.17) is 11.6 Å². The zero-order chi connectivity index (χ0) is 78.6. The fourth-order valence-electron chi connectivity index (χ4n) is 12.6. The molecule has 0 unspecified atom stereocenters. The highest BCUT2D eigenvalue weighted by Gasteiger charge is 2.40. The molecule has 11 amide bonds. The molecule has 13 N–H and O–H groups in total. The zero-order valence-electron chi connectivity index (χ0n) is 62.1. The Hall–Kier alpha value is -10.8. The molecule has 1 aliphatic heterocycles. The quantitative estimate of drug-likeness (QED) is 0.0239. The number of benzene rings is 3. The molecule has 29 nitrogen and oxygen atoms in total. The fraction of sp³-hybridized carbons (Fsp3) is 0.456. The summed E-state index contributed by atoms with van der Waals surface area (Å²) in [7, 11) is 0. The van der Waals surface area contributed by atoms with Crippen LogP contribution in [0.4, 0.5) is 0 Å². The molecule has 6 aromatic rings. The van der Waals surface area contributed by atoms with Gasteiger partial charge in [0.15, 0.2) is 0 Å². The lowest BCUT2D eigenvalue weighted by molar-refractivity contribution is -0.149. The predicted octanol–water partition coefficient (Wildman–Crippen LogP) is 4.09. The normalized spacial score (nSPS) is 14.7. The molecule has 9 atom stereocenters. The van der Waals surface area contributed by atoms with Crippen LogP contribution in [0.5, 0.6) is 0 Å². The number of unbranched alkanes of at least 4 members (excludes halogenated alkanes) is 3. The van der Waals surface area contributed by atoms with Gasteiger partial charge in [-0.1, -0.05) is 93.0 Å². The number of nitrogens with zero attached hydrogens (tertiary/aromatic N) is 4. The van der Waals surface area contributed by atoms with Crippen LogP contribution in [0.2, 0.25) is 5.02 Å². The van der Waals surface area contributed by atoms with Gasteiger partial charge in [-0.3, -0.25) is 67.7 Å². The van der Waals surface area contributed by atoms with E-state index < -0.39 is 132 Å². The van der Waals surface area contributed by atoms with E-state index in [1.165, 1.54) is 49.0 Å². The lowest BCUT2D eigenvalue weighted by Crippen LogP contribution is -2.61. The summed E-state index contributed by atoms with van der Waals surface area (Å²) in [6, 6.07) is 16.8. The van der Waals surface area contributed by atoms with E-state index in [-0.39, 0.29) is 103 Å². The van der Waals surface area contributed by atoms with Crippen LogP contribution in [-0.2, 0) is 67.2 Å². The summed E-state index contributed by atoms with van der Waals surface area (Å²) in [4.78, 5) is 183. The average molecular weight is 1520 g/mol. The number of carboxylic acids is 1. The topological polar surface area (TPSA) is 420 Å². The number of likely N-dealkylation sites (tertiary alicyclic amines) is 1. The van der Waals surface area contributed by atoms with E-state index in [1.807, 2.05) is 63.2 Å². The monoisotopic (exact) mass is 1520 g/mol. The van der Waals surface area contributed by atoms with Crippen LogP contribution in [0.3, 0.4) is 0 Å². The number of aliphatic hydroxyl groups is 1. The van der Waals surface area contributed by atoms with Crippen molar-refractivity contribution >= 4 is 93.3 Å². The molecule has 7 rings (SSSR count). The van der Waals surface area contributed by atoms with Crippen LogP contribution in [-0.4, -0.2) is 195 Å². The van der Waals surface area contributed by atoms with E-state index in [9.17, 15) is 58.2 Å². The Labute approximate surface area is 639 Å². The highest BCUT2D eigenvalue weighted by atomic mass is 35.5. The van der Waals surface area contributed by atoms with Crippen molar-refractivity contribution in [2.24, 2.45) is 5.92 Å². The standard InChI is InChI=1S/C79H102ClN15O14/c1-5-33-81-34-11-8-25-62(78(107)95-40-17-26-68(95)79(108)109)90-73(102)63(41-50(2)3)91-72(101)61(24-10-13-39-86-70(99)58-22-16-37-84-48-58)88-71(100)60(23-9-12-38-85-69(98)57-21-15-36-83-47-57)89-77(106)67(49-96)94-76(105)66(45-54-18-14-35-82-46-54)93-75(104)65(43-52-28-31-59(80)32-29-52)92-74(103)64(87-51(4)97)44-53-27-30-55-19-6-7-20-56(55)42-53/h6-7,14-16,18-22,27-32,35-37,42,46-48,50,60-68,81,96H,5,8-13,17,23-26,33-34,38-41,43-45,49H2,1-4H3,(H,85,98)(H,86,99)(H,87,97)(H,88,100)(H,89,106)(H,90,102)(H,91,101)(H,92,103)(H,93,104)(H,94,105)(H,108,109)/t60-,61-,62+,63+,64+,65-,66+,67-,68+/m1/s1. The zero-order valence-corrected chi connectivity index (χ0v) is 62.8. The summed E-state index contributed by atoms with van der Waals surface area (Å²) >= 11 is 6.26. The van der Waals surface area contributed by atoms with Crippen molar-refractivity contribution in [2.45, 2.75) is 185 Å². The number of aliphatic hydroxyl groups excluding tert-OH is 1. The number of hydrogen-bond donors (Lipinski definition) is 13. The Morgan fingerprint density at radius 3 is 1.47 bits per heavy atom. The van der Waals surface area contributed by atoms with Crippen molar-refractivity contribution in [1.82, 2.24) is 78.3 Å². The molecule has 1 fully saturated rings. The van der Waals surface area contributed by atoms with E-state index in [0.717, 1.165) is 23.7 Å². The third kappa shape index (κ3) is 28.7. The van der Waals surface area contributed by atoms with Gasteiger partial charge in [0, 0.05) is 88.0 Å². The van der Waals surface area contributed by atoms with Crippen molar-refractivity contribution in [1.29, 1.82) is 0 Å². The Kier molecular flexibility index (Phi) is 35.4. The Morgan fingerprint density at radius 2 is 0.945 bits per heavy atom. The van der Waals surface area contributed by atoms with Crippen molar-refractivity contribution in [3.05, 3.63) is 173 Å². The minimum atomic E-state index is -1.82. The first-order chi connectivity index (χ1) is 52.5. The lowest BCUT2D eigenvalue weighted by Gasteiger charge is -2.30. The number of halogens is 1. The highest BCUT2D eigenvalue weighted by molar-refractivity contribution is 6.30. The van der Waals surface area contributed by atoms with Crippen LogP contribution < -0.4 is 58.5 Å². The smallest absolute Gasteiger partial charge is 0.326 e. The number of nitrogens with one attached hydrogen (secondary N) is 11. The number of aliphatic carboxylic acids is 1. The van der Waals surface area contributed by atoms with Gasteiger partial charge in [-0.15, -0.1) is 0 Å². The number of hydrogen-bond acceptors (Lipinski definition) is 17. The van der Waals surface area contributed by atoms with Crippen LogP contribution in [0.15, 0.2) is 140 Å². The molecule has 0 saturated carbocycles. The van der Waals surface area contributed by atoms with Gasteiger partial charge >= 0.3 is 5.97 Å². The Morgan fingerprint density at radius 1 is 0.486 bits per heavy atom. The van der Waals surface area contributed by atoms with E-state index in [2.05, 4.69) is 73.4 Å². The highest BCUT2D eigenvalue weighted by Crippen LogP contribution is 2.22. The van der Waals surface area contributed by atoms with Gasteiger partial charge in [-0.2, -0.15) is 0 Å². The molecule has 3 aromatic carbocycles. The number of rotatable bonds is 45. The second-order valence-corrected chi connectivity index (χ2v) is 28.0. The Balaban J connectivity index is 1.14. The number of fused-ring (bicyclic) bond motifs is 1. The molecule has 1 aliphatic rings. The maximum absolute atomic E-state index is 15.1. The first-order valence-electron chi connectivity index (χ1n) is 37.2. The van der Waals surface area contributed by atoms with Gasteiger partial charge in [0.05, 0.1) is 17.7 Å². The second kappa shape index (κ2) is 45.1. The SMILES string of the molecule is CCCNCCCC[C@H](NC(=O)[C@H](CC(C)C)NC(=O)[C@@H](CCCCNC(=O)c1cccnc1)NC(=O)[C@@H](CCCCNC(=O)c1cccnc1)NC(=O)[C@@H](CO)NC(=O)[C@H](Cc1cccnc1)NC(=O)[C@@H](Cc1ccc(Cl)cc1)NC(=O)[C@H](Cc1ccc2ccccc2c1)NC(C)=O)C(=O)N1CCC[C@H]1C(=O)O. The number of pyridine rings is 3. The number of carbonyl (C=O) groups excluding carboxylic acids is 11. The van der Waals surface area contributed by atoms with Crippen LogP contribution >= 0.6 is 11.6 Å². The second-order valence-electron chi connectivity index (χ2n) is 27.5. The average Bonchev–Trinajstić information content (AvgIpc) is 1.82. The minimum Gasteiger partial charge on any atom is -0.480 e. The van der Waals surface area contributed by atoms with E-state index >= 15 is 9.59 Å². The van der Waals surface area contributed by atoms with Gasteiger partial charge in [-0.05, 0) is 172 Å². The summed E-state index contributed by atoms with van der Waals surface area (Å²) < 4.78 is 0. The van der Waals surface area contributed by atoms with Gasteiger partial charge in [0.25, 0.3) is 11.8 Å². The largest absolute Gasteiger partial charge is 0.480 e. The number of carboxylic acid groups (broad SMARTS) is 1. The van der Waals surface area contributed by atoms with Gasteiger partial charge in [0.1, 0.15) is 54.4 Å². The van der Waals surface area contributed by atoms with Gasteiger partial charge < -0.3 is 73.6 Å². The number of amides is 11. The molecule has 3 aromatic heterocycles. The van der Waals surface area contributed by atoms with E-state index in [1.54, 1.807) is 60.7 Å². The van der Waals surface area contributed by atoms with Gasteiger partial charge in [-0.25, -0.2) is 4.79 Å². The van der Waals surface area contributed by atoms with Crippen LogP contribution in [0.25, 0.3) is 10.8 Å². The molecule has 109 heavy (non-hydrogen) atoms. The molecule has 4 heterocycles. The third-order valence-electron chi connectivity index (χ3n) is 18.4. The van der Waals surface area contributed by atoms with E-state index in [0.29, 0.717) is 58.6 Å². The molecule has 0 bridgehead atoms. The predicted molar refractivity (Wildman–Crippen MR) is 409 cm³/mol. The van der Waals surface area contributed by atoms with Crippen molar-refractivity contribution < 1.29 is 67.7 Å². The van der Waals surface area contributed by atoms with Crippen LogP contribution in [0, 0.1) is 5.92 Å². The first kappa shape index (κ1) is 85.5. The molecule has 30 heteroatoms. The van der Waals surface area contributed by atoms with Gasteiger partial charge in [0.2, 0.25) is 53.2 Å². The fourth-order valence-corrected chi connectivity index (χ4v) is 12.7. The lowest BCUT2D eigenvalue weighted by atomic mass is 9.99. The van der Waals surface area contributed by atoms with Crippen molar-refractivity contribution in [3.8, 4) is 0 Å². The van der Waals surface area contributed by atoms with Crippen LogP contribution in [0.1, 0.15) is 149 Å². The molecule has 1 saturated heterocycles. The summed E-state index contributed by atoms with van der Waals surface area (Å²) in [5, 5.41) is 54.1. The maximum atomic E-state index is 15.1. The molecular formula is C79H102ClN15O14. The summed E-state index contributed by atoms with van der Waals surface area (Å²) in [6.07, 6.45) is 12.0. The third-order valence-corrected chi connectivity index (χ3v) is 18.6.